The van der Waals surface area contributed by atoms with E-state index in [2.05, 4.69) is 15.3 Å². The first kappa shape index (κ1) is 14.8. The molecule has 4 nitrogen and oxygen atoms in total. The van der Waals surface area contributed by atoms with Crippen molar-refractivity contribution >= 4 is 45.9 Å². The summed E-state index contributed by atoms with van der Waals surface area (Å²) in [5, 5.41) is 5.05. The summed E-state index contributed by atoms with van der Waals surface area (Å²) in [4.78, 5) is 20.5. The summed E-state index contributed by atoms with van der Waals surface area (Å²) in [6, 6.07) is 14.9. The van der Waals surface area contributed by atoms with Gasteiger partial charge in [-0.05, 0) is 18.2 Å². The summed E-state index contributed by atoms with van der Waals surface area (Å²) in [6.45, 7) is 0. The van der Waals surface area contributed by atoms with Crippen molar-refractivity contribution in [2.75, 3.05) is 11.1 Å². The maximum atomic E-state index is 12.0. The molecule has 0 spiro atoms. The van der Waals surface area contributed by atoms with Crippen molar-refractivity contribution in [2.24, 2.45) is 0 Å². The second kappa shape index (κ2) is 6.77. The molecular formula is C16H12ClN3OS. The lowest BCUT2D eigenvalue weighted by molar-refractivity contribution is -0.113. The summed E-state index contributed by atoms with van der Waals surface area (Å²) in [5.41, 5.74) is 1.48. The minimum Gasteiger partial charge on any atom is -0.324 e. The molecule has 3 aromatic rings. The number of hydrogen-bond acceptors (Lipinski definition) is 4. The summed E-state index contributed by atoms with van der Waals surface area (Å²) < 4.78 is 0. The van der Waals surface area contributed by atoms with Gasteiger partial charge in [-0.3, -0.25) is 4.79 Å². The highest BCUT2D eigenvalue weighted by Crippen LogP contribution is 2.25. The molecule has 2 aromatic carbocycles. The number of carbonyl (C=O) groups excluding carboxylic acids is 1. The van der Waals surface area contributed by atoms with Crippen molar-refractivity contribution in [3.05, 3.63) is 59.9 Å². The van der Waals surface area contributed by atoms with E-state index >= 15 is 0 Å². The maximum Gasteiger partial charge on any atom is 0.234 e. The van der Waals surface area contributed by atoms with Gasteiger partial charge in [-0.2, -0.15) is 0 Å². The van der Waals surface area contributed by atoms with Gasteiger partial charge in [0.25, 0.3) is 0 Å². The van der Waals surface area contributed by atoms with Crippen LogP contribution in [0.5, 0.6) is 0 Å². The predicted octanol–water partition coefficient (Wildman–Crippen LogP) is 4.01. The lowest BCUT2D eigenvalue weighted by atomic mass is 10.2. The van der Waals surface area contributed by atoms with Gasteiger partial charge in [0.2, 0.25) is 5.91 Å². The first-order valence-electron chi connectivity index (χ1n) is 6.61. The van der Waals surface area contributed by atoms with Gasteiger partial charge in [0.05, 0.1) is 22.0 Å². The number of fused-ring (bicyclic) bond motifs is 1. The Morgan fingerprint density at radius 1 is 1.09 bits per heavy atom. The number of benzene rings is 2. The third kappa shape index (κ3) is 3.37. The van der Waals surface area contributed by atoms with Gasteiger partial charge in [0, 0.05) is 5.39 Å². The van der Waals surface area contributed by atoms with Crippen LogP contribution in [0.1, 0.15) is 0 Å². The lowest BCUT2D eigenvalue weighted by Crippen LogP contribution is -2.14. The molecule has 0 radical (unpaired) electrons. The van der Waals surface area contributed by atoms with Crippen LogP contribution in [-0.4, -0.2) is 21.6 Å². The van der Waals surface area contributed by atoms with Crippen molar-refractivity contribution in [1.29, 1.82) is 0 Å². The zero-order valence-electron chi connectivity index (χ0n) is 11.5. The number of rotatable bonds is 4. The van der Waals surface area contributed by atoms with Crippen LogP contribution in [0.2, 0.25) is 5.02 Å². The number of thioether (sulfide) groups is 1. The molecule has 0 aliphatic carbocycles. The van der Waals surface area contributed by atoms with Gasteiger partial charge >= 0.3 is 0 Å². The van der Waals surface area contributed by atoms with Gasteiger partial charge in [-0.25, -0.2) is 9.97 Å². The number of halogens is 1. The second-order valence-electron chi connectivity index (χ2n) is 4.51. The van der Waals surface area contributed by atoms with Crippen LogP contribution in [0.25, 0.3) is 10.9 Å². The standard InChI is InChI=1S/C16H12ClN3OS/c17-12-6-2-4-8-14(12)20-15(21)9-22-16-11-5-1-3-7-13(11)18-10-19-16/h1-8,10H,9H2,(H,20,21). The molecule has 22 heavy (non-hydrogen) atoms. The van der Waals surface area contributed by atoms with Crippen molar-refractivity contribution in [2.45, 2.75) is 5.03 Å². The van der Waals surface area contributed by atoms with E-state index in [1.807, 2.05) is 36.4 Å². The topological polar surface area (TPSA) is 54.9 Å². The molecule has 0 unspecified atom stereocenters. The Hall–Kier alpha value is -2.11. The Morgan fingerprint density at radius 2 is 1.86 bits per heavy atom. The molecular weight excluding hydrogens is 318 g/mol. The van der Waals surface area contributed by atoms with Crippen molar-refractivity contribution in [3.8, 4) is 0 Å². The van der Waals surface area contributed by atoms with E-state index in [1.165, 1.54) is 18.1 Å². The molecule has 1 amide bonds. The Kier molecular flexibility index (Phi) is 4.56. The summed E-state index contributed by atoms with van der Waals surface area (Å²) in [7, 11) is 0. The van der Waals surface area contributed by atoms with E-state index in [-0.39, 0.29) is 11.7 Å². The molecule has 1 heterocycles. The van der Waals surface area contributed by atoms with Crippen molar-refractivity contribution in [3.63, 3.8) is 0 Å². The van der Waals surface area contributed by atoms with Gasteiger partial charge in [0.1, 0.15) is 11.4 Å². The molecule has 0 aliphatic heterocycles. The highest BCUT2D eigenvalue weighted by atomic mass is 35.5. The summed E-state index contributed by atoms with van der Waals surface area (Å²) in [6.07, 6.45) is 1.51. The van der Waals surface area contributed by atoms with E-state index in [1.54, 1.807) is 12.1 Å². The zero-order chi connectivity index (χ0) is 15.4. The van der Waals surface area contributed by atoms with Crippen LogP contribution in [-0.2, 0) is 4.79 Å². The van der Waals surface area contributed by atoms with Crippen LogP contribution < -0.4 is 5.32 Å². The molecule has 0 saturated carbocycles. The van der Waals surface area contributed by atoms with Gasteiger partial charge in [-0.1, -0.05) is 53.7 Å². The average molecular weight is 330 g/mol. The van der Waals surface area contributed by atoms with Gasteiger partial charge in [0.15, 0.2) is 0 Å². The number of para-hydroxylation sites is 2. The van der Waals surface area contributed by atoms with E-state index in [4.69, 9.17) is 11.6 Å². The number of hydrogen-bond donors (Lipinski definition) is 1. The van der Waals surface area contributed by atoms with Gasteiger partial charge < -0.3 is 5.32 Å². The third-order valence-electron chi connectivity index (χ3n) is 2.99. The van der Waals surface area contributed by atoms with Crippen molar-refractivity contribution in [1.82, 2.24) is 9.97 Å². The van der Waals surface area contributed by atoms with E-state index in [0.717, 1.165) is 15.9 Å². The Balaban J connectivity index is 1.69. The fourth-order valence-electron chi connectivity index (χ4n) is 1.98. The Bertz CT molecular complexity index is 820. The summed E-state index contributed by atoms with van der Waals surface area (Å²) in [5.74, 6) is 0.132. The lowest BCUT2D eigenvalue weighted by Gasteiger charge is -2.07. The molecule has 0 atom stereocenters. The monoisotopic (exact) mass is 329 g/mol. The molecule has 1 N–H and O–H groups in total. The first-order valence-corrected chi connectivity index (χ1v) is 7.97. The highest BCUT2D eigenvalue weighted by Gasteiger charge is 2.09. The SMILES string of the molecule is O=C(CSc1ncnc2ccccc12)Nc1ccccc1Cl. The van der Waals surface area contributed by atoms with E-state index in [0.29, 0.717) is 10.7 Å². The summed E-state index contributed by atoms with van der Waals surface area (Å²) >= 11 is 7.40. The molecule has 6 heteroatoms. The normalized spacial score (nSPS) is 10.6. The number of nitrogens with zero attached hydrogens (tertiary/aromatic N) is 2. The average Bonchev–Trinajstić information content (AvgIpc) is 2.55. The fraction of sp³-hybridized carbons (Fsp3) is 0.0625. The molecule has 0 bridgehead atoms. The highest BCUT2D eigenvalue weighted by molar-refractivity contribution is 8.00. The van der Waals surface area contributed by atoms with Crippen LogP contribution in [0.15, 0.2) is 59.9 Å². The van der Waals surface area contributed by atoms with E-state index in [9.17, 15) is 4.79 Å². The minimum atomic E-state index is -0.124. The second-order valence-corrected chi connectivity index (χ2v) is 5.88. The molecule has 0 saturated heterocycles. The van der Waals surface area contributed by atoms with Crippen LogP contribution in [0.4, 0.5) is 5.69 Å². The smallest absolute Gasteiger partial charge is 0.234 e. The number of anilines is 1. The van der Waals surface area contributed by atoms with Crippen LogP contribution >= 0.6 is 23.4 Å². The predicted molar refractivity (Wildman–Crippen MR) is 90.3 cm³/mol. The third-order valence-corrected chi connectivity index (χ3v) is 4.33. The minimum absolute atomic E-state index is 0.124. The number of amides is 1. The van der Waals surface area contributed by atoms with E-state index < -0.39 is 0 Å². The van der Waals surface area contributed by atoms with Crippen LogP contribution in [0.3, 0.4) is 0 Å². The number of carbonyl (C=O) groups is 1. The molecule has 0 aliphatic rings. The largest absolute Gasteiger partial charge is 0.324 e. The molecule has 1 aromatic heterocycles. The Labute approximate surface area is 136 Å². The van der Waals surface area contributed by atoms with Crippen LogP contribution in [0, 0.1) is 0 Å². The number of aromatic nitrogens is 2. The quantitative estimate of drug-likeness (QED) is 0.580. The molecule has 110 valence electrons. The first-order chi connectivity index (χ1) is 10.7. The molecule has 3 rings (SSSR count). The zero-order valence-corrected chi connectivity index (χ0v) is 13.1. The maximum absolute atomic E-state index is 12.0. The van der Waals surface area contributed by atoms with Gasteiger partial charge in [-0.15, -0.1) is 0 Å². The fourth-order valence-corrected chi connectivity index (χ4v) is 2.95. The number of nitrogens with one attached hydrogen (secondary N) is 1. The van der Waals surface area contributed by atoms with Crippen molar-refractivity contribution < 1.29 is 4.79 Å². The Morgan fingerprint density at radius 3 is 2.73 bits per heavy atom. The molecule has 0 fully saturated rings.